The summed E-state index contributed by atoms with van der Waals surface area (Å²) in [5, 5.41) is 0.172. The van der Waals surface area contributed by atoms with Crippen molar-refractivity contribution in [2.45, 2.75) is 58.1 Å². The molecule has 2 rings (SSSR count). The summed E-state index contributed by atoms with van der Waals surface area (Å²) in [5.74, 6) is 0.357. The Kier molecular flexibility index (Phi) is 5.29. The molecule has 0 aromatic carbocycles. The van der Waals surface area contributed by atoms with Crippen LogP contribution in [0, 0.1) is 5.92 Å². The van der Waals surface area contributed by atoms with Gasteiger partial charge in [-0.1, -0.05) is 13.8 Å². The zero-order valence-electron chi connectivity index (χ0n) is 14.1. The fourth-order valence-corrected chi connectivity index (χ4v) is 3.85. The summed E-state index contributed by atoms with van der Waals surface area (Å²) in [5.41, 5.74) is 0.954. The number of hydrogen-bond acceptors (Lipinski definition) is 5. The predicted molar refractivity (Wildman–Crippen MR) is 85.5 cm³/mol. The van der Waals surface area contributed by atoms with Crippen LogP contribution in [0.25, 0.3) is 0 Å². The third-order valence-electron chi connectivity index (χ3n) is 3.66. The zero-order chi connectivity index (χ0) is 16.5. The van der Waals surface area contributed by atoms with Crippen LogP contribution in [0.2, 0.25) is 0 Å². The topological polar surface area (TPSA) is 64.4 Å². The highest BCUT2D eigenvalue weighted by molar-refractivity contribution is 7.90. The van der Waals surface area contributed by atoms with Crippen molar-refractivity contribution in [2.75, 3.05) is 19.3 Å². The molecule has 0 amide bonds. The lowest BCUT2D eigenvalue weighted by atomic mass is 10.2. The Bertz CT molecular complexity index is 600. The van der Waals surface area contributed by atoms with Crippen LogP contribution in [0.3, 0.4) is 0 Å². The van der Waals surface area contributed by atoms with Gasteiger partial charge in [-0.3, -0.25) is 4.90 Å². The van der Waals surface area contributed by atoms with Crippen molar-refractivity contribution in [1.29, 1.82) is 0 Å². The predicted octanol–water partition coefficient (Wildman–Crippen LogP) is 1.55. The molecule has 7 heteroatoms. The molecule has 2 atom stereocenters. The minimum atomic E-state index is -3.31. The maximum absolute atomic E-state index is 11.9. The van der Waals surface area contributed by atoms with E-state index in [1.54, 1.807) is 6.20 Å². The number of imidazole rings is 1. The number of nitrogens with zero attached hydrogens (tertiary/aromatic N) is 3. The smallest absolute Gasteiger partial charge is 0.227 e. The van der Waals surface area contributed by atoms with E-state index in [0.29, 0.717) is 19.0 Å². The van der Waals surface area contributed by atoms with E-state index in [2.05, 4.69) is 37.6 Å². The van der Waals surface area contributed by atoms with Crippen LogP contribution in [-0.4, -0.2) is 54.4 Å². The summed E-state index contributed by atoms with van der Waals surface area (Å²) in [6.07, 6.45) is 3.30. The van der Waals surface area contributed by atoms with Gasteiger partial charge in [0.15, 0.2) is 0 Å². The van der Waals surface area contributed by atoms with Crippen molar-refractivity contribution in [3.8, 4) is 0 Å². The highest BCUT2D eigenvalue weighted by atomic mass is 32.2. The van der Waals surface area contributed by atoms with Crippen molar-refractivity contribution in [3.63, 3.8) is 0 Å². The van der Waals surface area contributed by atoms with E-state index < -0.39 is 9.84 Å². The summed E-state index contributed by atoms with van der Waals surface area (Å²) in [6.45, 7) is 11.4. The van der Waals surface area contributed by atoms with E-state index in [9.17, 15) is 8.42 Å². The first-order chi connectivity index (χ1) is 10.2. The molecule has 1 aromatic heterocycles. The number of rotatable bonds is 5. The monoisotopic (exact) mass is 329 g/mol. The lowest BCUT2D eigenvalue weighted by Crippen LogP contribution is -2.45. The van der Waals surface area contributed by atoms with Crippen LogP contribution >= 0.6 is 0 Å². The molecule has 1 saturated heterocycles. The Hall–Kier alpha value is -0.920. The molecular formula is C15H27N3O3S. The van der Waals surface area contributed by atoms with Crippen LogP contribution in [-0.2, 0) is 27.7 Å². The molecule has 0 spiro atoms. The van der Waals surface area contributed by atoms with Gasteiger partial charge in [0, 0.05) is 32.4 Å². The molecule has 1 aromatic rings. The minimum absolute atomic E-state index is 0.172. The number of ether oxygens (including phenoxy) is 1. The molecule has 2 heterocycles. The van der Waals surface area contributed by atoms with Gasteiger partial charge in [-0.05, 0) is 19.8 Å². The standard InChI is InChI=1S/C15H27N3O3S/c1-11(2)7-18-14(6-16-15(18)22(5,19)20)10-17-8-12(3)21-13(4)9-17/h6,11-13H,7-10H2,1-5H3/t12-,13+. The molecule has 0 bridgehead atoms. The van der Waals surface area contributed by atoms with Gasteiger partial charge in [-0.2, -0.15) is 0 Å². The molecule has 126 valence electrons. The Morgan fingerprint density at radius 2 is 1.91 bits per heavy atom. The second-order valence-corrected chi connectivity index (χ2v) is 8.67. The fourth-order valence-electron chi connectivity index (χ4n) is 3.02. The Morgan fingerprint density at radius 3 is 2.41 bits per heavy atom. The van der Waals surface area contributed by atoms with Crippen LogP contribution in [0.15, 0.2) is 11.4 Å². The normalized spacial score (nSPS) is 24.1. The largest absolute Gasteiger partial charge is 0.373 e. The minimum Gasteiger partial charge on any atom is -0.373 e. The molecule has 0 radical (unpaired) electrons. The van der Waals surface area contributed by atoms with E-state index in [1.165, 1.54) is 6.26 Å². The lowest BCUT2D eigenvalue weighted by Gasteiger charge is -2.35. The van der Waals surface area contributed by atoms with Crippen LogP contribution < -0.4 is 0 Å². The first kappa shape index (κ1) is 17.4. The molecular weight excluding hydrogens is 302 g/mol. The number of hydrogen-bond donors (Lipinski definition) is 0. The average molecular weight is 329 g/mol. The molecule has 0 unspecified atom stereocenters. The van der Waals surface area contributed by atoms with Crippen LogP contribution in [0.1, 0.15) is 33.4 Å². The maximum atomic E-state index is 11.9. The van der Waals surface area contributed by atoms with Gasteiger partial charge < -0.3 is 9.30 Å². The third-order valence-corrected chi connectivity index (χ3v) is 4.65. The second kappa shape index (κ2) is 6.68. The Balaban J connectivity index is 2.25. The number of sulfone groups is 1. The van der Waals surface area contributed by atoms with Crippen molar-refractivity contribution in [3.05, 3.63) is 11.9 Å². The Morgan fingerprint density at radius 1 is 1.32 bits per heavy atom. The second-order valence-electron chi connectivity index (χ2n) is 6.76. The third kappa shape index (κ3) is 4.30. The van der Waals surface area contributed by atoms with Gasteiger partial charge in [0.25, 0.3) is 0 Å². The van der Waals surface area contributed by atoms with E-state index >= 15 is 0 Å². The molecule has 22 heavy (non-hydrogen) atoms. The fraction of sp³-hybridized carbons (Fsp3) is 0.800. The summed E-state index contributed by atoms with van der Waals surface area (Å²) in [7, 11) is -3.31. The van der Waals surface area contributed by atoms with Crippen LogP contribution in [0.5, 0.6) is 0 Å². The Labute approximate surface area is 133 Å². The van der Waals surface area contributed by atoms with Gasteiger partial charge in [0.1, 0.15) is 0 Å². The first-order valence-corrected chi connectivity index (χ1v) is 9.68. The number of morpholine rings is 1. The van der Waals surface area contributed by atoms with Gasteiger partial charge in [-0.15, -0.1) is 0 Å². The van der Waals surface area contributed by atoms with Crippen molar-refractivity contribution < 1.29 is 13.2 Å². The summed E-state index contributed by atoms with van der Waals surface area (Å²) < 4.78 is 31.5. The molecule has 6 nitrogen and oxygen atoms in total. The molecule has 1 aliphatic rings. The zero-order valence-corrected chi connectivity index (χ0v) is 14.9. The van der Waals surface area contributed by atoms with E-state index in [1.807, 2.05) is 4.57 Å². The van der Waals surface area contributed by atoms with Gasteiger partial charge in [0.05, 0.1) is 24.1 Å². The van der Waals surface area contributed by atoms with Crippen molar-refractivity contribution in [1.82, 2.24) is 14.5 Å². The highest BCUT2D eigenvalue weighted by Gasteiger charge is 2.25. The van der Waals surface area contributed by atoms with E-state index in [-0.39, 0.29) is 17.4 Å². The average Bonchev–Trinajstić information content (AvgIpc) is 2.69. The summed E-state index contributed by atoms with van der Waals surface area (Å²) in [4.78, 5) is 6.47. The number of aromatic nitrogens is 2. The highest BCUT2D eigenvalue weighted by Crippen LogP contribution is 2.18. The lowest BCUT2D eigenvalue weighted by molar-refractivity contribution is -0.0710. The van der Waals surface area contributed by atoms with Gasteiger partial charge >= 0.3 is 0 Å². The quantitative estimate of drug-likeness (QED) is 0.820. The maximum Gasteiger partial charge on any atom is 0.227 e. The van der Waals surface area contributed by atoms with Crippen LogP contribution in [0.4, 0.5) is 0 Å². The molecule has 0 saturated carbocycles. The van der Waals surface area contributed by atoms with Gasteiger partial charge in [-0.25, -0.2) is 13.4 Å². The molecule has 1 aliphatic heterocycles. The molecule has 1 fully saturated rings. The molecule has 0 aliphatic carbocycles. The SMILES string of the molecule is CC(C)Cn1c(CN2C[C@@H](C)O[C@@H](C)C2)cnc1S(C)(=O)=O. The summed E-state index contributed by atoms with van der Waals surface area (Å²) in [6, 6.07) is 0. The van der Waals surface area contributed by atoms with Crippen molar-refractivity contribution in [2.24, 2.45) is 5.92 Å². The molecule has 0 N–H and O–H groups in total. The summed E-state index contributed by atoms with van der Waals surface area (Å²) >= 11 is 0. The first-order valence-electron chi connectivity index (χ1n) is 7.79. The van der Waals surface area contributed by atoms with E-state index in [4.69, 9.17) is 4.74 Å². The van der Waals surface area contributed by atoms with Crippen molar-refractivity contribution >= 4 is 9.84 Å². The van der Waals surface area contributed by atoms with Gasteiger partial charge in [0.2, 0.25) is 15.0 Å². The van der Waals surface area contributed by atoms with E-state index in [0.717, 1.165) is 18.8 Å².